The minimum atomic E-state index is -0.124. The molecule has 8 heteroatoms. The van der Waals surface area contributed by atoms with E-state index >= 15 is 0 Å². The summed E-state index contributed by atoms with van der Waals surface area (Å²) in [5.74, 6) is 1.05. The maximum absolute atomic E-state index is 12.3. The molecule has 0 bridgehead atoms. The molecule has 0 amide bonds. The molecule has 0 unspecified atom stereocenters. The molecule has 158 valence electrons. The quantitative estimate of drug-likeness (QED) is 0.711. The molecule has 0 spiro atoms. The third kappa shape index (κ3) is 4.93. The molecule has 1 aliphatic rings. The highest BCUT2D eigenvalue weighted by Gasteiger charge is 2.30. The number of aryl methyl sites for hydroxylation is 2. The standard InChI is InChI=1S/C21H31N5O3/c1-5-17-19(12-23-20(25-17)16-11-24-26(4)18(16)10-22)29-15-8-6-7-14(9-15)21(27)28-13(2)3/h11-15H,5-10,22H2,1-4H3/t14-,15-/m0/s1. The fraction of sp³-hybridized carbons (Fsp3) is 0.619. The predicted octanol–water partition coefficient (Wildman–Crippen LogP) is 2.79. The van der Waals surface area contributed by atoms with Crippen molar-refractivity contribution in [2.24, 2.45) is 18.7 Å². The van der Waals surface area contributed by atoms with E-state index in [1.165, 1.54) is 0 Å². The van der Waals surface area contributed by atoms with E-state index in [1.807, 2.05) is 27.8 Å². The van der Waals surface area contributed by atoms with Crippen molar-refractivity contribution in [3.05, 3.63) is 23.8 Å². The molecule has 2 aromatic rings. The highest BCUT2D eigenvalue weighted by Crippen LogP contribution is 2.31. The molecule has 0 radical (unpaired) electrons. The van der Waals surface area contributed by atoms with Crippen molar-refractivity contribution in [2.45, 2.75) is 71.6 Å². The Labute approximate surface area is 171 Å². The molecule has 0 saturated heterocycles. The van der Waals surface area contributed by atoms with E-state index in [4.69, 9.17) is 20.2 Å². The lowest BCUT2D eigenvalue weighted by atomic mass is 9.87. The Morgan fingerprint density at radius 2 is 2.14 bits per heavy atom. The SMILES string of the molecule is CCc1nc(-c2cnn(C)c2CN)ncc1O[C@H]1CCC[C@H](C(=O)OC(C)C)C1. The van der Waals surface area contributed by atoms with Crippen molar-refractivity contribution in [3.63, 3.8) is 0 Å². The summed E-state index contributed by atoms with van der Waals surface area (Å²) in [6.45, 7) is 6.15. The predicted molar refractivity (Wildman–Crippen MR) is 109 cm³/mol. The van der Waals surface area contributed by atoms with E-state index in [9.17, 15) is 4.79 Å². The van der Waals surface area contributed by atoms with Gasteiger partial charge in [0.25, 0.3) is 0 Å². The maximum Gasteiger partial charge on any atom is 0.309 e. The molecule has 2 atom stereocenters. The number of carbonyl (C=O) groups excluding carboxylic acids is 1. The van der Waals surface area contributed by atoms with Gasteiger partial charge >= 0.3 is 5.97 Å². The summed E-state index contributed by atoms with van der Waals surface area (Å²) in [6, 6.07) is 0. The summed E-state index contributed by atoms with van der Waals surface area (Å²) >= 11 is 0. The summed E-state index contributed by atoms with van der Waals surface area (Å²) in [4.78, 5) is 21.5. The monoisotopic (exact) mass is 401 g/mol. The maximum atomic E-state index is 12.3. The number of nitrogens with zero attached hydrogens (tertiary/aromatic N) is 4. The minimum Gasteiger partial charge on any atom is -0.487 e. The van der Waals surface area contributed by atoms with Crippen molar-refractivity contribution < 1.29 is 14.3 Å². The number of aromatic nitrogens is 4. The zero-order valence-corrected chi connectivity index (χ0v) is 17.7. The van der Waals surface area contributed by atoms with E-state index < -0.39 is 0 Å². The fourth-order valence-electron chi connectivity index (χ4n) is 3.75. The molecular weight excluding hydrogens is 370 g/mol. The first-order valence-corrected chi connectivity index (χ1v) is 10.4. The highest BCUT2D eigenvalue weighted by molar-refractivity contribution is 5.72. The average molecular weight is 402 g/mol. The van der Waals surface area contributed by atoms with Crippen LogP contribution in [0.3, 0.4) is 0 Å². The van der Waals surface area contributed by atoms with Crippen LogP contribution in [0.5, 0.6) is 5.75 Å². The van der Waals surface area contributed by atoms with Gasteiger partial charge in [-0.15, -0.1) is 0 Å². The van der Waals surface area contributed by atoms with Crippen molar-refractivity contribution >= 4 is 5.97 Å². The minimum absolute atomic E-state index is 0.0359. The summed E-state index contributed by atoms with van der Waals surface area (Å²) in [5.41, 5.74) is 8.41. The van der Waals surface area contributed by atoms with Gasteiger partial charge in [-0.2, -0.15) is 5.10 Å². The van der Waals surface area contributed by atoms with E-state index in [0.717, 1.165) is 36.2 Å². The first-order valence-electron chi connectivity index (χ1n) is 10.4. The summed E-state index contributed by atoms with van der Waals surface area (Å²) in [7, 11) is 1.85. The number of rotatable bonds is 7. The summed E-state index contributed by atoms with van der Waals surface area (Å²) in [5, 5.41) is 4.26. The molecule has 1 saturated carbocycles. The van der Waals surface area contributed by atoms with Gasteiger partial charge in [-0.1, -0.05) is 6.92 Å². The van der Waals surface area contributed by atoms with Gasteiger partial charge in [-0.3, -0.25) is 9.48 Å². The van der Waals surface area contributed by atoms with Crippen LogP contribution in [0.25, 0.3) is 11.4 Å². The van der Waals surface area contributed by atoms with Gasteiger partial charge < -0.3 is 15.2 Å². The number of nitrogens with two attached hydrogens (primary N) is 1. The Balaban J connectivity index is 1.75. The zero-order valence-electron chi connectivity index (χ0n) is 17.7. The van der Waals surface area contributed by atoms with Crippen LogP contribution in [0, 0.1) is 5.92 Å². The lowest BCUT2D eigenvalue weighted by Gasteiger charge is -2.29. The van der Waals surface area contributed by atoms with Gasteiger partial charge in [-0.25, -0.2) is 9.97 Å². The van der Waals surface area contributed by atoms with Gasteiger partial charge in [0.1, 0.15) is 0 Å². The van der Waals surface area contributed by atoms with Gasteiger partial charge in [0, 0.05) is 13.6 Å². The van der Waals surface area contributed by atoms with Gasteiger partial charge in [-0.05, 0) is 46.0 Å². The van der Waals surface area contributed by atoms with Crippen LogP contribution < -0.4 is 10.5 Å². The second-order valence-electron chi connectivity index (χ2n) is 7.78. The van der Waals surface area contributed by atoms with Crippen molar-refractivity contribution in [1.82, 2.24) is 19.7 Å². The Morgan fingerprint density at radius 3 is 2.83 bits per heavy atom. The number of hydrogen-bond acceptors (Lipinski definition) is 7. The van der Waals surface area contributed by atoms with Crippen molar-refractivity contribution in [1.29, 1.82) is 0 Å². The van der Waals surface area contributed by atoms with Crippen LogP contribution in [0.15, 0.2) is 12.4 Å². The topological polar surface area (TPSA) is 105 Å². The molecule has 0 aliphatic heterocycles. The molecule has 1 aliphatic carbocycles. The van der Waals surface area contributed by atoms with Crippen molar-refractivity contribution in [2.75, 3.05) is 0 Å². The van der Waals surface area contributed by atoms with Gasteiger partial charge in [0.2, 0.25) is 0 Å². The van der Waals surface area contributed by atoms with Gasteiger partial charge in [0.15, 0.2) is 11.6 Å². The van der Waals surface area contributed by atoms with Crippen LogP contribution in [0.2, 0.25) is 0 Å². The molecule has 2 heterocycles. The number of esters is 1. The molecule has 0 aromatic carbocycles. The largest absolute Gasteiger partial charge is 0.487 e. The van der Waals surface area contributed by atoms with E-state index in [0.29, 0.717) is 31.0 Å². The molecular formula is C21H31N5O3. The normalized spacial score (nSPS) is 19.4. The van der Waals surface area contributed by atoms with Gasteiger partial charge in [0.05, 0.1) is 47.5 Å². The number of ether oxygens (including phenoxy) is 2. The third-order valence-corrected chi connectivity index (χ3v) is 5.27. The van der Waals surface area contributed by atoms with Crippen LogP contribution in [0.1, 0.15) is 57.8 Å². The molecule has 2 N–H and O–H groups in total. The molecule has 8 nitrogen and oxygen atoms in total. The average Bonchev–Trinajstić information content (AvgIpc) is 3.08. The lowest BCUT2D eigenvalue weighted by Crippen LogP contribution is -2.32. The molecule has 29 heavy (non-hydrogen) atoms. The number of carbonyl (C=O) groups is 1. The Morgan fingerprint density at radius 1 is 1.34 bits per heavy atom. The Bertz CT molecular complexity index is 849. The Hall–Kier alpha value is -2.48. The summed E-state index contributed by atoms with van der Waals surface area (Å²) in [6.07, 6.45) is 7.42. The van der Waals surface area contributed by atoms with E-state index in [2.05, 4.69) is 10.1 Å². The van der Waals surface area contributed by atoms with Crippen LogP contribution >= 0.6 is 0 Å². The van der Waals surface area contributed by atoms with E-state index in [1.54, 1.807) is 17.1 Å². The van der Waals surface area contributed by atoms with E-state index in [-0.39, 0.29) is 24.1 Å². The molecule has 2 aromatic heterocycles. The first-order chi connectivity index (χ1) is 13.9. The van der Waals surface area contributed by atoms with Crippen LogP contribution in [0.4, 0.5) is 0 Å². The first kappa shape index (κ1) is 21.2. The number of hydrogen-bond donors (Lipinski definition) is 1. The summed E-state index contributed by atoms with van der Waals surface area (Å²) < 4.78 is 13.4. The smallest absolute Gasteiger partial charge is 0.309 e. The second-order valence-corrected chi connectivity index (χ2v) is 7.78. The van der Waals surface area contributed by atoms with Crippen molar-refractivity contribution in [3.8, 4) is 17.1 Å². The fourth-order valence-corrected chi connectivity index (χ4v) is 3.75. The Kier molecular flexibility index (Phi) is 6.84. The second kappa shape index (κ2) is 9.35. The van der Waals surface area contributed by atoms with Crippen LogP contribution in [-0.4, -0.2) is 37.9 Å². The zero-order chi connectivity index (χ0) is 21.0. The molecule has 3 rings (SSSR count). The van der Waals surface area contributed by atoms with Crippen LogP contribution in [-0.2, 0) is 29.5 Å². The lowest BCUT2D eigenvalue weighted by molar-refractivity contribution is -0.154. The molecule has 1 fully saturated rings. The third-order valence-electron chi connectivity index (χ3n) is 5.27. The highest BCUT2D eigenvalue weighted by atomic mass is 16.5.